The van der Waals surface area contributed by atoms with Gasteiger partial charge in [0.05, 0.1) is 29.4 Å². The largest absolute Gasteiger partial charge is 0.491 e. The van der Waals surface area contributed by atoms with Crippen LogP contribution < -0.4 is 14.2 Å². The first-order chi connectivity index (χ1) is 29.0. The Balaban J connectivity index is 1.15. The third-order valence-electron chi connectivity index (χ3n) is 11.9. The smallest absolute Gasteiger partial charge is 0.262 e. The van der Waals surface area contributed by atoms with Crippen molar-refractivity contribution < 1.29 is 41.1 Å². The Labute approximate surface area is 353 Å². The number of hydrogen-bond donors (Lipinski definition) is 1. The zero-order chi connectivity index (χ0) is 43.4. The van der Waals surface area contributed by atoms with Gasteiger partial charge in [0.2, 0.25) is 27.4 Å². The van der Waals surface area contributed by atoms with Gasteiger partial charge in [-0.2, -0.15) is 4.98 Å². The first-order valence-electron chi connectivity index (χ1n) is 20.5. The van der Waals surface area contributed by atoms with Crippen molar-refractivity contribution in [2.45, 2.75) is 96.6 Å². The maximum atomic E-state index is 14.9. The van der Waals surface area contributed by atoms with E-state index in [4.69, 9.17) is 23.9 Å². The van der Waals surface area contributed by atoms with Gasteiger partial charge in [0.25, 0.3) is 5.88 Å². The summed E-state index contributed by atoms with van der Waals surface area (Å²) in [6.07, 6.45) is 6.64. The van der Waals surface area contributed by atoms with Gasteiger partial charge in [-0.1, -0.05) is 26.8 Å². The molecule has 0 bridgehead atoms. The molecule has 5 aromatic rings. The summed E-state index contributed by atoms with van der Waals surface area (Å²) in [5.74, 6) is -2.03. The van der Waals surface area contributed by atoms with Gasteiger partial charge in [-0.05, 0) is 98.9 Å². The van der Waals surface area contributed by atoms with Gasteiger partial charge in [-0.25, -0.2) is 27.8 Å². The van der Waals surface area contributed by atoms with Gasteiger partial charge in [0.15, 0.2) is 11.6 Å². The molecular weight excluding hydrogens is 804 g/mol. The summed E-state index contributed by atoms with van der Waals surface area (Å²) in [6.45, 7) is 13.5. The Morgan fingerprint density at radius 1 is 1.08 bits per heavy atom. The van der Waals surface area contributed by atoms with Crippen LogP contribution in [0, 0.1) is 28.5 Å². The van der Waals surface area contributed by atoms with E-state index in [0.29, 0.717) is 47.1 Å². The highest BCUT2D eigenvalue weighted by Gasteiger charge is 2.61. The lowest BCUT2D eigenvalue weighted by atomic mass is 9.76. The molecule has 2 aliphatic carbocycles. The number of carbonyl (C=O) groups excluding carboxylic acids is 3. The fourth-order valence-electron chi connectivity index (χ4n) is 8.29. The number of amides is 2. The number of ketones is 1. The average Bonchev–Trinajstić information content (AvgIpc) is 4.12. The van der Waals surface area contributed by atoms with Crippen LogP contribution in [0.2, 0.25) is 0 Å². The Kier molecular flexibility index (Phi) is 10.9. The number of halogens is 1. The molecule has 0 spiro atoms. The fourth-order valence-corrected chi connectivity index (χ4v) is 9.67. The van der Waals surface area contributed by atoms with Crippen molar-refractivity contribution in [3.63, 3.8) is 0 Å². The van der Waals surface area contributed by atoms with E-state index in [1.54, 1.807) is 42.7 Å². The second-order valence-electron chi connectivity index (χ2n) is 17.8. The van der Waals surface area contributed by atoms with Crippen LogP contribution in [0.25, 0.3) is 33.5 Å². The molecule has 14 nitrogen and oxygen atoms in total. The standard InChI is InChI=1S/C45H49FN6O8S/c1-7-28-19-45(28,43(55)51-61(56,57)32-13-14-32)20-36(53)35-18-31(23-52(35)42(54)34(44(4,5)6)16-26-21-47-24-48-22-26)59-41-39-38(33-17-29(46)10-15-37(33)60-39)49-40(50-41)27-8-11-30(12-9-27)58-25(2)3/h7-12,15,17,21-22,24-25,28,31-32,34-35H,1,13-14,16,18-20,23H2,2-6H3,(H,51,55)/t28-,31-,34-,35+,45-/m1/s1. The maximum Gasteiger partial charge on any atom is 0.262 e. The Bertz CT molecular complexity index is 2630. The van der Waals surface area contributed by atoms with Crippen LogP contribution in [0.1, 0.15) is 72.3 Å². The number of sulfonamides is 1. The van der Waals surface area contributed by atoms with Gasteiger partial charge in [0, 0.05) is 42.1 Å². The van der Waals surface area contributed by atoms with Crippen LogP contribution in [0.4, 0.5) is 4.39 Å². The molecule has 3 aromatic heterocycles. The molecule has 0 unspecified atom stereocenters. The highest BCUT2D eigenvalue weighted by molar-refractivity contribution is 7.90. The normalized spacial score (nSPS) is 22.0. The van der Waals surface area contributed by atoms with Gasteiger partial charge in [-0.15, -0.1) is 6.58 Å². The van der Waals surface area contributed by atoms with Crippen molar-refractivity contribution in [2.75, 3.05) is 6.54 Å². The van der Waals surface area contributed by atoms with E-state index in [1.165, 1.54) is 29.4 Å². The number of carbonyl (C=O) groups is 3. The number of hydrogen-bond acceptors (Lipinski definition) is 12. The number of aromatic nitrogens is 4. The minimum absolute atomic E-state index is 0.0236. The van der Waals surface area contributed by atoms with Crippen molar-refractivity contribution in [1.29, 1.82) is 0 Å². The molecule has 8 rings (SSSR count). The van der Waals surface area contributed by atoms with E-state index in [-0.39, 0.29) is 55.1 Å². The Morgan fingerprint density at radius 3 is 2.44 bits per heavy atom. The number of benzene rings is 2. The first kappa shape index (κ1) is 41.9. The molecule has 0 radical (unpaired) electrons. The summed E-state index contributed by atoms with van der Waals surface area (Å²) >= 11 is 0. The van der Waals surface area contributed by atoms with Crippen LogP contribution in [-0.2, 0) is 30.8 Å². The third-order valence-corrected chi connectivity index (χ3v) is 13.7. The van der Waals surface area contributed by atoms with Gasteiger partial charge in [0.1, 0.15) is 35.1 Å². The Hall–Kier alpha value is -5.77. The number of rotatable bonds is 15. The van der Waals surface area contributed by atoms with Crippen LogP contribution in [0.5, 0.6) is 11.6 Å². The number of ether oxygens (including phenoxy) is 2. The third kappa shape index (κ3) is 8.59. The predicted molar refractivity (Wildman–Crippen MR) is 224 cm³/mol. The molecule has 16 heteroatoms. The summed E-state index contributed by atoms with van der Waals surface area (Å²) < 4.78 is 61.3. The van der Waals surface area contributed by atoms with Crippen molar-refractivity contribution in [2.24, 2.45) is 22.7 Å². The van der Waals surface area contributed by atoms with Crippen molar-refractivity contribution in [3.8, 4) is 23.0 Å². The summed E-state index contributed by atoms with van der Waals surface area (Å²) in [6, 6.07) is 10.3. The maximum absolute atomic E-state index is 14.9. The lowest BCUT2D eigenvalue weighted by molar-refractivity contribution is -0.144. The number of allylic oxidation sites excluding steroid dienone is 1. The van der Waals surface area contributed by atoms with Crippen LogP contribution in [0.15, 0.2) is 78.3 Å². The van der Waals surface area contributed by atoms with Crippen LogP contribution in [-0.4, -0.2) is 80.9 Å². The minimum atomic E-state index is -3.89. The molecule has 1 aliphatic heterocycles. The average molecular weight is 853 g/mol. The van der Waals surface area contributed by atoms with Crippen LogP contribution >= 0.6 is 0 Å². The lowest BCUT2D eigenvalue weighted by Gasteiger charge is -2.35. The Morgan fingerprint density at radius 2 is 1.80 bits per heavy atom. The van der Waals surface area contributed by atoms with Gasteiger partial charge >= 0.3 is 0 Å². The molecular formula is C45H49FN6O8S. The molecule has 2 aromatic carbocycles. The second kappa shape index (κ2) is 15.9. The second-order valence-corrected chi connectivity index (χ2v) is 19.8. The highest BCUT2D eigenvalue weighted by atomic mass is 32.2. The molecule has 1 N–H and O–H groups in total. The lowest BCUT2D eigenvalue weighted by Crippen LogP contribution is -2.48. The summed E-state index contributed by atoms with van der Waals surface area (Å²) in [7, 11) is -3.89. The minimum Gasteiger partial charge on any atom is -0.491 e. The van der Waals surface area contributed by atoms with E-state index in [0.717, 1.165) is 5.56 Å². The molecule has 61 heavy (non-hydrogen) atoms. The number of nitrogens with zero attached hydrogens (tertiary/aromatic N) is 5. The molecule has 2 saturated carbocycles. The first-order valence-corrected chi connectivity index (χ1v) is 22.1. The summed E-state index contributed by atoms with van der Waals surface area (Å²) in [5.41, 5.74) is 0.291. The molecule has 3 aliphatic rings. The van der Waals surface area contributed by atoms with Crippen molar-refractivity contribution in [1.82, 2.24) is 29.6 Å². The fraction of sp³-hybridized carbons (Fsp3) is 0.444. The highest BCUT2D eigenvalue weighted by Crippen LogP contribution is 2.57. The quantitative estimate of drug-likeness (QED) is 0.109. The van der Waals surface area contributed by atoms with Gasteiger partial charge < -0.3 is 18.8 Å². The number of Topliss-reactive ketones (excluding diaryl/α,β-unsaturated/α-hetero) is 1. The summed E-state index contributed by atoms with van der Waals surface area (Å²) in [4.78, 5) is 62.7. The number of fused-ring (bicyclic) bond motifs is 3. The molecule has 320 valence electrons. The summed E-state index contributed by atoms with van der Waals surface area (Å²) in [5, 5.41) is -0.223. The van der Waals surface area contributed by atoms with Gasteiger partial charge in [-0.3, -0.25) is 19.1 Å². The van der Waals surface area contributed by atoms with E-state index >= 15 is 0 Å². The monoisotopic (exact) mass is 852 g/mol. The van der Waals surface area contributed by atoms with E-state index in [2.05, 4.69) is 21.3 Å². The molecule has 3 fully saturated rings. The van der Waals surface area contributed by atoms with E-state index in [9.17, 15) is 27.2 Å². The SMILES string of the molecule is C=C[C@@H]1C[C@]1(CC(=O)[C@@H]1C[C@@H](Oc2nc(-c3ccc(OC(C)C)cc3)nc3c2oc2ccc(F)cc23)CN1C(=O)[C@@H](Cc1cncnc1)C(C)(C)C)C(=O)NS(=O)(=O)C1CC1. The molecule has 1 saturated heterocycles. The molecule has 4 heterocycles. The molecule has 5 atom stereocenters. The predicted octanol–water partition coefficient (Wildman–Crippen LogP) is 6.77. The van der Waals surface area contributed by atoms with E-state index in [1.807, 2.05) is 34.6 Å². The number of furan rings is 1. The van der Waals surface area contributed by atoms with Crippen molar-refractivity contribution in [3.05, 3.63) is 85.2 Å². The zero-order valence-electron chi connectivity index (χ0n) is 34.8. The topological polar surface area (TPSA) is 184 Å². The zero-order valence-corrected chi connectivity index (χ0v) is 35.6. The van der Waals surface area contributed by atoms with Crippen LogP contribution in [0.3, 0.4) is 0 Å². The molecule has 2 amide bonds. The van der Waals surface area contributed by atoms with Crippen molar-refractivity contribution >= 4 is 49.7 Å². The number of nitrogens with one attached hydrogen (secondary N) is 1. The number of likely N-dealkylation sites (tertiary alicyclic amines) is 1. The van der Waals surface area contributed by atoms with E-state index < -0.39 is 67.6 Å².